The van der Waals surface area contributed by atoms with E-state index in [1.165, 1.54) is 11.4 Å². The lowest BCUT2D eigenvalue weighted by molar-refractivity contribution is 0.0952. The number of likely N-dealkylation sites (N-methyl/N-ethyl adjacent to an activating group) is 1. The second-order valence-electron chi connectivity index (χ2n) is 7.72. The predicted octanol–water partition coefficient (Wildman–Crippen LogP) is 3.34. The van der Waals surface area contributed by atoms with E-state index in [0.29, 0.717) is 5.56 Å². The van der Waals surface area contributed by atoms with Crippen molar-refractivity contribution in [2.75, 3.05) is 20.1 Å². The molecule has 2 aromatic carbocycles. The van der Waals surface area contributed by atoms with Gasteiger partial charge in [-0.05, 0) is 42.2 Å². The Hall–Kier alpha value is -2.18. The van der Waals surface area contributed by atoms with Crippen LogP contribution in [0.25, 0.3) is 0 Å². The van der Waals surface area contributed by atoms with Crippen molar-refractivity contribution in [3.8, 4) is 0 Å². The molecular formula is C21H28N2O3S. The molecule has 0 aliphatic heterocycles. The van der Waals surface area contributed by atoms with Gasteiger partial charge in [0, 0.05) is 25.7 Å². The van der Waals surface area contributed by atoms with E-state index in [-0.39, 0.29) is 29.3 Å². The summed E-state index contributed by atoms with van der Waals surface area (Å²) in [5.41, 5.74) is 2.75. The van der Waals surface area contributed by atoms with Crippen molar-refractivity contribution in [2.45, 2.75) is 38.0 Å². The van der Waals surface area contributed by atoms with Crippen LogP contribution in [0.2, 0.25) is 0 Å². The minimum Gasteiger partial charge on any atom is -0.351 e. The number of benzene rings is 2. The quantitative estimate of drug-likeness (QED) is 0.825. The number of amides is 1. The molecule has 0 heterocycles. The fourth-order valence-electron chi connectivity index (χ4n) is 2.56. The molecule has 0 saturated heterocycles. The Bertz CT molecular complexity index is 881. The molecule has 0 aromatic heterocycles. The maximum Gasteiger partial charge on any atom is 0.251 e. The Morgan fingerprint density at radius 3 is 2.07 bits per heavy atom. The summed E-state index contributed by atoms with van der Waals surface area (Å²) in [5, 5.41) is 2.78. The van der Waals surface area contributed by atoms with E-state index in [0.717, 1.165) is 11.1 Å². The molecule has 2 aromatic rings. The monoisotopic (exact) mass is 388 g/mol. The number of carbonyl (C=O) groups excluding carboxylic acids is 1. The second-order valence-corrected chi connectivity index (χ2v) is 9.77. The van der Waals surface area contributed by atoms with E-state index in [9.17, 15) is 13.2 Å². The molecule has 6 heteroatoms. The molecule has 0 aliphatic carbocycles. The van der Waals surface area contributed by atoms with Gasteiger partial charge in [0.2, 0.25) is 10.0 Å². The molecule has 0 bridgehead atoms. The molecule has 1 amide bonds. The van der Waals surface area contributed by atoms with Gasteiger partial charge in [-0.2, -0.15) is 4.31 Å². The first kappa shape index (κ1) is 21.1. The SMILES string of the molecule is Cc1ccc(S(=O)(=O)N(C)CCNC(=O)c2ccc(C(C)(C)C)cc2)cc1. The van der Waals surface area contributed by atoms with Crippen molar-refractivity contribution < 1.29 is 13.2 Å². The minimum absolute atomic E-state index is 0.0298. The minimum atomic E-state index is -3.56. The van der Waals surface area contributed by atoms with Gasteiger partial charge in [0.25, 0.3) is 5.91 Å². The largest absolute Gasteiger partial charge is 0.351 e. The van der Waals surface area contributed by atoms with Gasteiger partial charge < -0.3 is 5.32 Å². The fraction of sp³-hybridized carbons (Fsp3) is 0.381. The van der Waals surface area contributed by atoms with Crippen molar-refractivity contribution in [1.82, 2.24) is 9.62 Å². The van der Waals surface area contributed by atoms with Gasteiger partial charge >= 0.3 is 0 Å². The topological polar surface area (TPSA) is 66.5 Å². The summed E-state index contributed by atoms with van der Waals surface area (Å²) in [7, 11) is -2.04. The van der Waals surface area contributed by atoms with Crippen molar-refractivity contribution >= 4 is 15.9 Å². The van der Waals surface area contributed by atoms with Gasteiger partial charge in [-0.25, -0.2) is 8.42 Å². The highest BCUT2D eigenvalue weighted by Crippen LogP contribution is 2.22. The summed E-state index contributed by atoms with van der Waals surface area (Å²) < 4.78 is 26.3. The summed E-state index contributed by atoms with van der Waals surface area (Å²) in [6.07, 6.45) is 0. The van der Waals surface area contributed by atoms with Crippen LogP contribution in [0.3, 0.4) is 0 Å². The molecule has 0 spiro atoms. The van der Waals surface area contributed by atoms with E-state index >= 15 is 0 Å². The van der Waals surface area contributed by atoms with Gasteiger partial charge in [-0.15, -0.1) is 0 Å². The number of sulfonamides is 1. The Labute approximate surface area is 162 Å². The molecule has 0 radical (unpaired) electrons. The van der Waals surface area contributed by atoms with Crippen LogP contribution in [0.15, 0.2) is 53.4 Å². The number of carbonyl (C=O) groups is 1. The van der Waals surface area contributed by atoms with Crippen LogP contribution < -0.4 is 5.32 Å². The van der Waals surface area contributed by atoms with Gasteiger partial charge in [0.15, 0.2) is 0 Å². The predicted molar refractivity (Wildman–Crippen MR) is 108 cm³/mol. The summed E-state index contributed by atoms with van der Waals surface area (Å²) in [4.78, 5) is 12.5. The fourth-order valence-corrected chi connectivity index (χ4v) is 3.73. The van der Waals surface area contributed by atoms with Crippen LogP contribution in [0, 0.1) is 6.92 Å². The summed E-state index contributed by atoms with van der Waals surface area (Å²) in [6.45, 7) is 8.69. The second kappa shape index (κ2) is 8.23. The normalized spacial score (nSPS) is 12.2. The third-order valence-electron chi connectivity index (χ3n) is 4.45. The molecule has 0 atom stereocenters. The summed E-state index contributed by atoms with van der Waals surface area (Å²) in [6, 6.07) is 14.2. The molecule has 1 N–H and O–H groups in total. The molecule has 0 aliphatic rings. The Balaban J connectivity index is 1.93. The van der Waals surface area contributed by atoms with Crippen LogP contribution in [-0.2, 0) is 15.4 Å². The third-order valence-corrected chi connectivity index (χ3v) is 6.33. The van der Waals surface area contributed by atoms with Crippen molar-refractivity contribution in [1.29, 1.82) is 0 Å². The van der Waals surface area contributed by atoms with Crippen LogP contribution in [0.5, 0.6) is 0 Å². The first-order valence-corrected chi connectivity index (χ1v) is 10.4. The Kier molecular flexibility index (Phi) is 6.44. The molecule has 2 rings (SSSR count). The van der Waals surface area contributed by atoms with E-state index in [1.807, 2.05) is 19.1 Å². The molecule has 0 saturated carbocycles. The Morgan fingerprint density at radius 1 is 1.00 bits per heavy atom. The zero-order chi connectivity index (χ0) is 20.2. The molecular weight excluding hydrogens is 360 g/mol. The highest BCUT2D eigenvalue weighted by Gasteiger charge is 2.20. The number of hydrogen-bond donors (Lipinski definition) is 1. The zero-order valence-electron chi connectivity index (χ0n) is 16.6. The highest BCUT2D eigenvalue weighted by molar-refractivity contribution is 7.89. The van der Waals surface area contributed by atoms with Gasteiger partial charge in [0.05, 0.1) is 4.90 Å². The standard InChI is InChI=1S/C21H28N2O3S/c1-16-6-12-19(13-7-16)27(25,26)23(5)15-14-22-20(24)17-8-10-18(11-9-17)21(2,3)4/h6-13H,14-15H2,1-5H3,(H,22,24). The molecule has 0 fully saturated rings. The number of aryl methyl sites for hydroxylation is 1. The van der Waals surface area contributed by atoms with Crippen LogP contribution in [-0.4, -0.2) is 38.8 Å². The number of rotatable bonds is 6. The maximum atomic E-state index is 12.5. The zero-order valence-corrected chi connectivity index (χ0v) is 17.4. The third kappa shape index (κ3) is 5.40. The lowest BCUT2D eigenvalue weighted by Crippen LogP contribution is -2.36. The van der Waals surface area contributed by atoms with Crippen molar-refractivity contribution in [3.63, 3.8) is 0 Å². The van der Waals surface area contributed by atoms with Crippen LogP contribution >= 0.6 is 0 Å². The molecule has 146 valence electrons. The molecule has 27 heavy (non-hydrogen) atoms. The number of hydrogen-bond acceptors (Lipinski definition) is 3. The van der Waals surface area contributed by atoms with Crippen LogP contribution in [0.4, 0.5) is 0 Å². The summed E-state index contributed by atoms with van der Waals surface area (Å²) >= 11 is 0. The van der Waals surface area contributed by atoms with E-state index in [2.05, 4.69) is 26.1 Å². The Morgan fingerprint density at radius 2 is 1.56 bits per heavy atom. The number of nitrogens with zero attached hydrogens (tertiary/aromatic N) is 1. The first-order valence-electron chi connectivity index (χ1n) is 8.93. The lowest BCUT2D eigenvalue weighted by Gasteiger charge is -2.19. The van der Waals surface area contributed by atoms with E-state index in [1.54, 1.807) is 36.4 Å². The van der Waals surface area contributed by atoms with E-state index < -0.39 is 10.0 Å². The van der Waals surface area contributed by atoms with Crippen molar-refractivity contribution in [3.05, 3.63) is 65.2 Å². The van der Waals surface area contributed by atoms with Gasteiger partial charge in [0.1, 0.15) is 0 Å². The van der Waals surface area contributed by atoms with E-state index in [4.69, 9.17) is 0 Å². The van der Waals surface area contributed by atoms with Crippen molar-refractivity contribution in [2.24, 2.45) is 0 Å². The maximum absolute atomic E-state index is 12.5. The highest BCUT2D eigenvalue weighted by atomic mass is 32.2. The van der Waals surface area contributed by atoms with Gasteiger partial charge in [-0.1, -0.05) is 50.6 Å². The first-order chi connectivity index (χ1) is 12.5. The average Bonchev–Trinajstić information content (AvgIpc) is 2.61. The average molecular weight is 389 g/mol. The molecule has 5 nitrogen and oxygen atoms in total. The lowest BCUT2D eigenvalue weighted by atomic mass is 9.87. The van der Waals surface area contributed by atoms with Crippen LogP contribution in [0.1, 0.15) is 42.3 Å². The smallest absolute Gasteiger partial charge is 0.251 e. The summed E-state index contributed by atoms with van der Waals surface area (Å²) in [5.74, 6) is -0.211. The van der Waals surface area contributed by atoms with Gasteiger partial charge in [-0.3, -0.25) is 4.79 Å². The molecule has 0 unspecified atom stereocenters. The number of nitrogens with one attached hydrogen (secondary N) is 1.